The average Bonchev–Trinajstić information content (AvgIpc) is 2.62. The molecule has 0 unspecified atom stereocenters. The Kier molecular flexibility index (Phi) is 10.7. The molecule has 0 aliphatic heterocycles. The number of nitrogens with zero attached hydrogens (tertiary/aromatic N) is 1. The van der Waals surface area contributed by atoms with Crippen molar-refractivity contribution in [1.82, 2.24) is 5.32 Å². The highest BCUT2D eigenvalue weighted by Gasteiger charge is 2.04. The molecule has 5 nitrogen and oxygen atoms in total. The Morgan fingerprint density at radius 3 is 2.62 bits per heavy atom. The van der Waals surface area contributed by atoms with Crippen LogP contribution in [0.3, 0.4) is 0 Å². The summed E-state index contributed by atoms with van der Waals surface area (Å²) in [5.74, 6) is 1.28. The zero-order valence-electron chi connectivity index (χ0n) is 15.4. The van der Waals surface area contributed by atoms with Crippen LogP contribution >= 0.6 is 24.0 Å². The third kappa shape index (κ3) is 8.05. The Morgan fingerprint density at radius 2 is 1.88 bits per heavy atom. The van der Waals surface area contributed by atoms with Crippen molar-refractivity contribution >= 4 is 29.9 Å². The largest absolute Gasteiger partial charge is 0.491 e. The molecule has 0 amide bonds. The van der Waals surface area contributed by atoms with Crippen molar-refractivity contribution in [1.29, 1.82) is 0 Å². The first-order valence-corrected chi connectivity index (χ1v) is 8.48. The number of guanidine groups is 1. The molecule has 0 heterocycles. The van der Waals surface area contributed by atoms with E-state index in [1.54, 1.807) is 7.11 Å². The third-order valence-corrected chi connectivity index (χ3v) is 3.75. The molecule has 0 spiro atoms. The standard InChI is InChI=1S/C20H27N3O2.HI/c1-16-8-9-18(19(14-16)25-13-12-24-2)15-23-20(21)22-11-10-17-6-4-3-5-7-17;/h3-9,14H,10-13,15H2,1-2H3,(H3,21,22,23);1H. The summed E-state index contributed by atoms with van der Waals surface area (Å²) >= 11 is 0. The van der Waals surface area contributed by atoms with Crippen molar-refractivity contribution in [2.24, 2.45) is 10.7 Å². The lowest BCUT2D eigenvalue weighted by Gasteiger charge is -2.11. The summed E-state index contributed by atoms with van der Waals surface area (Å²) in [6, 6.07) is 16.4. The molecule has 2 aromatic rings. The van der Waals surface area contributed by atoms with E-state index in [2.05, 4.69) is 22.4 Å². The van der Waals surface area contributed by atoms with E-state index >= 15 is 0 Å². The molecule has 2 aromatic carbocycles. The van der Waals surface area contributed by atoms with Crippen molar-refractivity contribution in [3.63, 3.8) is 0 Å². The van der Waals surface area contributed by atoms with Gasteiger partial charge in [0.15, 0.2) is 5.96 Å². The van der Waals surface area contributed by atoms with Gasteiger partial charge in [-0.2, -0.15) is 0 Å². The zero-order chi connectivity index (χ0) is 17.9. The SMILES string of the molecule is COCCOc1cc(C)ccc1CN=C(N)NCCc1ccccc1.I. The van der Waals surface area contributed by atoms with Crippen molar-refractivity contribution < 1.29 is 9.47 Å². The maximum absolute atomic E-state index is 5.97. The van der Waals surface area contributed by atoms with Crippen LogP contribution in [0.2, 0.25) is 0 Å². The maximum Gasteiger partial charge on any atom is 0.188 e. The van der Waals surface area contributed by atoms with Gasteiger partial charge >= 0.3 is 0 Å². The molecule has 2 rings (SSSR count). The minimum Gasteiger partial charge on any atom is -0.491 e. The van der Waals surface area contributed by atoms with E-state index in [0.717, 1.165) is 29.8 Å². The van der Waals surface area contributed by atoms with E-state index in [-0.39, 0.29) is 24.0 Å². The Balaban J connectivity index is 0.00000338. The van der Waals surface area contributed by atoms with Gasteiger partial charge in [-0.3, -0.25) is 0 Å². The van der Waals surface area contributed by atoms with Crippen molar-refractivity contribution in [2.45, 2.75) is 19.9 Å². The first-order chi connectivity index (χ1) is 12.2. The average molecular weight is 469 g/mol. The van der Waals surface area contributed by atoms with Crippen LogP contribution < -0.4 is 15.8 Å². The molecular weight excluding hydrogens is 441 g/mol. The van der Waals surface area contributed by atoms with Crippen LogP contribution in [0.5, 0.6) is 5.75 Å². The van der Waals surface area contributed by atoms with E-state index in [9.17, 15) is 0 Å². The lowest BCUT2D eigenvalue weighted by Crippen LogP contribution is -2.33. The van der Waals surface area contributed by atoms with Crippen LogP contribution in [0.4, 0.5) is 0 Å². The van der Waals surface area contributed by atoms with Gasteiger partial charge in [0.1, 0.15) is 12.4 Å². The number of methoxy groups -OCH3 is 1. The molecule has 6 heteroatoms. The minimum atomic E-state index is 0. The molecule has 0 saturated heterocycles. The lowest BCUT2D eigenvalue weighted by molar-refractivity contribution is 0.146. The molecule has 3 N–H and O–H groups in total. The summed E-state index contributed by atoms with van der Waals surface area (Å²) in [5.41, 5.74) is 9.39. The monoisotopic (exact) mass is 469 g/mol. The highest BCUT2D eigenvalue weighted by Crippen LogP contribution is 2.21. The molecule has 0 fully saturated rings. The first kappa shape index (κ1) is 22.2. The molecule has 0 atom stereocenters. The van der Waals surface area contributed by atoms with Crippen LogP contribution in [0.15, 0.2) is 53.5 Å². The lowest BCUT2D eigenvalue weighted by atomic mass is 10.1. The normalized spacial score (nSPS) is 10.9. The van der Waals surface area contributed by atoms with E-state index in [1.165, 1.54) is 5.56 Å². The summed E-state index contributed by atoms with van der Waals surface area (Å²) in [5, 5.41) is 3.15. The van der Waals surface area contributed by atoms with Crippen LogP contribution in [0.25, 0.3) is 0 Å². The summed E-state index contributed by atoms with van der Waals surface area (Å²) in [7, 11) is 1.66. The third-order valence-electron chi connectivity index (χ3n) is 3.75. The summed E-state index contributed by atoms with van der Waals surface area (Å²) < 4.78 is 10.8. The van der Waals surface area contributed by atoms with Gasteiger partial charge in [-0.05, 0) is 30.5 Å². The fourth-order valence-electron chi connectivity index (χ4n) is 2.37. The van der Waals surface area contributed by atoms with Gasteiger partial charge in [0, 0.05) is 19.2 Å². The smallest absolute Gasteiger partial charge is 0.188 e. The molecule has 0 aromatic heterocycles. The molecule has 26 heavy (non-hydrogen) atoms. The van der Waals surface area contributed by atoms with Gasteiger partial charge in [0.05, 0.1) is 13.2 Å². The topological polar surface area (TPSA) is 68.9 Å². The quantitative estimate of drug-likeness (QED) is 0.256. The van der Waals surface area contributed by atoms with Crippen molar-refractivity contribution in [2.75, 3.05) is 26.9 Å². The minimum absolute atomic E-state index is 0. The number of ether oxygens (including phenoxy) is 2. The molecule has 0 radical (unpaired) electrons. The Labute approximate surface area is 173 Å². The molecular formula is C20H28IN3O2. The first-order valence-electron chi connectivity index (χ1n) is 8.48. The second-order valence-electron chi connectivity index (χ2n) is 5.82. The molecule has 0 bridgehead atoms. The van der Waals surface area contributed by atoms with Crippen LogP contribution in [-0.2, 0) is 17.7 Å². The van der Waals surface area contributed by atoms with Gasteiger partial charge in [0.2, 0.25) is 0 Å². The summed E-state index contributed by atoms with van der Waals surface area (Å²) in [6.07, 6.45) is 0.910. The molecule has 142 valence electrons. The fraction of sp³-hybridized carbons (Fsp3) is 0.350. The number of rotatable bonds is 9. The number of hydrogen-bond acceptors (Lipinski definition) is 3. The van der Waals surface area contributed by atoms with E-state index < -0.39 is 0 Å². The number of nitrogens with one attached hydrogen (secondary N) is 1. The van der Waals surface area contributed by atoms with Gasteiger partial charge in [0.25, 0.3) is 0 Å². The predicted octanol–water partition coefficient (Wildman–Crippen LogP) is 3.29. The highest BCUT2D eigenvalue weighted by molar-refractivity contribution is 14.0. The van der Waals surface area contributed by atoms with Crippen molar-refractivity contribution in [3.8, 4) is 5.75 Å². The van der Waals surface area contributed by atoms with Gasteiger partial charge < -0.3 is 20.5 Å². The highest BCUT2D eigenvalue weighted by atomic mass is 127. The second-order valence-corrected chi connectivity index (χ2v) is 5.82. The summed E-state index contributed by atoms with van der Waals surface area (Å²) in [6.45, 7) is 4.34. The van der Waals surface area contributed by atoms with E-state index in [0.29, 0.717) is 25.7 Å². The van der Waals surface area contributed by atoms with Crippen LogP contribution in [0, 0.1) is 6.92 Å². The Hall–Kier alpha value is -1.80. The Morgan fingerprint density at radius 1 is 1.12 bits per heavy atom. The number of nitrogens with two attached hydrogens (primary N) is 1. The Bertz CT molecular complexity index is 678. The molecule has 0 aliphatic carbocycles. The van der Waals surface area contributed by atoms with Crippen LogP contribution in [0.1, 0.15) is 16.7 Å². The van der Waals surface area contributed by atoms with Crippen LogP contribution in [-0.4, -0.2) is 32.8 Å². The van der Waals surface area contributed by atoms with Gasteiger partial charge in [-0.15, -0.1) is 24.0 Å². The number of aliphatic imine (C=N–C) groups is 1. The zero-order valence-corrected chi connectivity index (χ0v) is 17.7. The number of benzene rings is 2. The number of aryl methyl sites for hydroxylation is 1. The van der Waals surface area contributed by atoms with Gasteiger partial charge in [-0.25, -0.2) is 4.99 Å². The second kappa shape index (κ2) is 12.5. The van der Waals surface area contributed by atoms with E-state index in [1.807, 2.05) is 43.3 Å². The number of hydrogen-bond donors (Lipinski definition) is 2. The van der Waals surface area contributed by atoms with Crippen molar-refractivity contribution in [3.05, 3.63) is 65.2 Å². The van der Waals surface area contributed by atoms with E-state index in [4.69, 9.17) is 15.2 Å². The predicted molar refractivity (Wildman–Crippen MR) is 117 cm³/mol. The number of halogens is 1. The fourth-order valence-corrected chi connectivity index (χ4v) is 2.37. The van der Waals surface area contributed by atoms with Gasteiger partial charge in [-0.1, -0.05) is 42.5 Å². The summed E-state index contributed by atoms with van der Waals surface area (Å²) in [4.78, 5) is 4.42. The molecule has 0 saturated carbocycles. The maximum atomic E-state index is 5.97. The molecule has 0 aliphatic rings.